The number of esters is 1. The van der Waals surface area contributed by atoms with E-state index in [1.165, 1.54) is 11.8 Å². The topological polar surface area (TPSA) is 82.2 Å². The van der Waals surface area contributed by atoms with Crippen LogP contribution in [0.3, 0.4) is 0 Å². The summed E-state index contributed by atoms with van der Waals surface area (Å²) in [6, 6.07) is 16.9. The van der Waals surface area contributed by atoms with Crippen molar-refractivity contribution in [2.45, 2.75) is 13.2 Å². The summed E-state index contributed by atoms with van der Waals surface area (Å²) in [5.74, 6) is -0.422. The summed E-state index contributed by atoms with van der Waals surface area (Å²) in [5.41, 5.74) is 1.63. The van der Waals surface area contributed by atoms with Crippen LogP contribution in [-0.2, 0) is 22.7 Å². The quantitative estimate of drug-likeness (QED) is 0.413. The van der Waals surface area contributed by atoms with Crippen molar-refractivity contribution < 1.29 is 9.53 Å². The Morgan fingerprint density at radius 1 is 1.13 bits per heavy atom. The summed E-state index contributed by atoms with van der Waals surface area (Å²) in [5, 5.41) is 9.93. The minimum atomic E-state index is -0.422. The molecular formula is C22H20ClN5O3. The van der Waals surface area contributed by atoms with E-state index in [0.29, 0.717) is 22.5 Å². The van der Waals surface area contributed by atoms with Gasteiger partial charge in [-0.2, -0.15) is 10.2 Å². The van der Waals surface area contributed by atoms with E-state index in [4.69, 9.17) is 16.3 Å². The molecule has 9 heteroatoms. The highest BCUT2D eigenvalue weighted by molar-refractivity contribution is 6.31. The van der Waals surface area contributed by atoms with E-state index in [1.807, 2.05) is 48.5 Å². The standard InChI is InChI=1S/C22H20ClN5O3/c1-31-20(29)14-26(12-16-7-5-6-10-19(16)23)15-28-22(30)21-17(11-24-28)13-27(25-21)18-8-3-2-4-9-18/h2-11,13H,12,14-15H2,1H3. The fraction of sp³-hybridized carbons (Fsp3) is 0.182. The predicted molar refractivity (Wildman–Crippen MR) is 117 cm³/mol. The molecule has 0 radical (unpaired) electrons. The Bertz CT molecular complexity index is 1270. The van der Waals surface area contributed by atoms with Crippen LogP contribution in [0, 0.1) is 0 Å². The molecule has 0 aliphatic rings. The van der Waals surface area contributed by atoms with Gasteiger partial charge in [0.25, 0.3) is 5.56 Å². The van der Waals surface area contributed by atoms with Crippen LogP contribution < -0.4 is 5.56 Å². The second-order valence-electron chi connectivity index (χ2n) is 6.96. The summed E-state index contributed by atoms with van der Waals surface area (Å²) in [7, 11) is 1.32. The van der Waals surface area contributed by atoms with E-state index in [9.17, 15) is 9.59 Å². The average molecular weight is 438 g/mol. The molecule has 2 heterocycles. The molecule has 0 aliphatic heterocycles. The Hall–Kier alpha value is -3.49. The highest BCUT2D eigenvalue weighted by atomic mass is 35.5. The van der Waals surface area contributed by atoms with Crippen molar-refractivity contribution in [1.82, 2.24) is 24.5 Å². The number of para-hydroxylation sites is 1. The Labute approximate surface area is 183 Å². The van der Waals surface area contributed by atoms with Crippen LogP contribution in [0.5, 0.6) is 0 Å². The molecule has 0 fully saturated rings. The fourth-order valence-electron chi connectivity index (χ4n) is 3.23. The van der Waals surface area contributed by atoms with Gasteiger partial charge in [0.15, 0.2) is 5.52 Å². The Kier molecular flexibility index (Phi) is 6.11. The van der Waals surface area contributed by atoms with Crippen LogP contribution in [0.15, 0.2) is 71.8 Å². The number of carbonyl (C=O) groups is 1. The highest BCUT2D eigenvalue weighted by Crippen LogP contribution is 2.17. The number of methoxy groups -OCH3 is 1. The lowest BCUT2D eigenvalue weighted by Gasteiger charge is -2.21. The number of benzene rings is 2. The zero-order valence-corrected chi connectivity index (χ0v) is 17.6. The average Bonchev–Trinajstić information content (AvgIpc) is 3.23. The number of carbonyl (C=O) groups excluding carboxylic acids is 1. The number of rotatable bonds is 7. The second kappa shape index (κ2) is 9.11. The van der Waals surface area contributed by atoms with E-state index in [-0.39, 0.29) is 18.8 Å². The summed E-state index contributed by atoms with van der Waals surface area (Å²) in [4.78, 5) is 26.7. The number of halogens is 1. The summed E-state index contributed by atoms with van der Waals surface area (Å²) < 4.78 is 7.73. The van der Waals surface area contributed by atoms with Crippen LogP contribution >= 0.6 is 11.6 Å². The maximum absolute atomic E-state index is 13.0. The number of hydrogen-bond donors (Lipinski definition) is 0. The minimum absolute atomic E-state index is 0.0215. The highest BCUT2D eigenvalue weighted by Gasteiger charge is 2.17. The van der Waals surface area contributed by atoms with E-state index < -0.39 is 5.97 Å². The van der Waals surface area contributed by atoms with Gasteiger partial charge in [0, 0.05) is 23.2 Å². The molecule has 0 unspecified atom stereocenters. The second-order valence-corrected chi connectivity index (χ2v) is 7.37. The molecule has 0 aliphatic carbocycles. The molecule has 0 saturated carbocycles. The molecule has 4 aromatic rings. The van der Waals surface area contributed by atoms with Gasteiger partial charge >= 0.3 is 5.97 Å². The van der Waals surface area contributed by atoms with Crippen LogP contribution in [-0.4, -0.2) is 44.1 Å². The van der Waals surface area contributed by atoms with Crippen LogP contribution in [0.4, 0.5) is 0 Å². The molecule has 0 amide bonds. The number of aromatic nitrogens is 4. The lowest BCUT2D eigenvalue weighted by Crippen LogP contribution is -2.37. The Balaban J connectivity index is 1.65. The Morgan fingerprint density at radius 3 is 2.61 bits per heavy atom. The third kappa shape index (κ3) is 4.65. The fourth-order valence-corrected chi connectivity index (χ4v) is 3.42. The lowest BCUT2D eigenvalue weighted by atomic mass is 10.2. The van der Waals surface area contributed by atoms with Gasteiger partial charge < -0.3 is 4.74 Å². The molecule has 2 aromatic heterocycles. The van der Waals surface area contributed by atoms with Crippen molar-refractivity contribution in [2.24, 2.45) is 0 Å². The molecule has 0 saturated heterocycles. The van der Waals surface area contributed by atoms with Gasteiger partial charge in [0.2, 0.25) is 0 Å². The maximum Gasteiger partial charge on any atom is 0.319 e. The molecule has 31 heavy (non-hydrogen) atoms. The van der Waals surface area contributed by atoms with Crippen LogP contribution in [0.2, 0.25) is 5.02 Å². The molecular weight excluding hydrogens is 418 g/mol. The van der Waals surface area contributed by atoms with Gasteiger partial charge in [-0.3, -0.25) is 14.5 Å². The van der Waals surface area contributed by atoms with Gasteiger partial charge in [-0.15, -0.1) is 0 Å². The van der Waals surface area contributed by atoms with Gasteiger partial charge in [0.05, 0.1) is 32.2 Å². The number of ether oxygens (including phenoxy) is 1. The van der Waals surface area contributed by atoms with Crippen molar-refractivity contribution in [3.63, 3.8) is 0 Å². The van der Waals surface area contributed by atoms with Gasteiger partial charge in [0.1, 0.15) is 0 Å². The lowest BCUT2D eigenvalue weighted by molar-refractivity contribution is -0.142. The molecule has 0 atom stereocenters. The van der Waals surface area contributed by atoms with E-state index in [0.717, 1.165) is 11.3 Å². The van der Waals surface area contributed by atoms with Gasteiger partial charge in [-0.1, -0.05) is 48.0 Å². The van der Waals surface area contributed by atoms with Crippen molar-refractivity contribution in [3.8, 4) is 5.69 Å². The summed E-state index contributed by atoms with van der Waals surface area (Å²) >= 11 is 6.27. The van der Waals surface area contributed by atoms with Crippen molar-refractivity contribution in [2.75, 3.05) is 13.7 Å². The number of nitrogens with zero attached hydrogens (tertiary/aromatic N) is 5. The summed E-state index contributed by atoms with van der Waals surface area (Å²) in [6.07, 6.45) is 3.36. The monoisotopic (exact) mass is 437 g/mol. The molecule has 8 nitrogen and oxygen atoms in total. The normalized spacial score (nSPS) is 11.2. The predicted octanol–water partition coefficient (Wildman–Crippen LogP) is 2.87. The third-order valence-corrected chi connectivity index (χ3v) is 5.17. The molecule has 0 N–H and O–H groups in total. The third-order valence-electron chi connectivity index (χ3n) is 4.80. The van der Waals surface area contributed by atoms with Crippen molar-refractivity contribution in [1.29, 1.82) is 0 Å². The smallest absolute Gasteiger partial charge is 0.319 e. The van der Waals surface area contributed by atoms with Crippen LogP contribution in [0.1, 0.15) is 5.56 Å². The number of hydrogen-bond acceptors (Lipinski definition) is 6. The maximum atomic E-state index is 13.0. The zero-order chi connectivity index (χ0) is 21.8. The minimum Gasteiger partial charge on any atom is -0.468 e. The first kappa shape index (κ1) is 20.8. The Morgan fingerprint density at radius 2 is 1.87 bits per heavy atom. The van der Waals surface area contributed by atoms with Crippen molar-refractivity contribution >= 4 is 28.5 Å². The van der Waals surface area contributed by atoms with Gasteiger partial charge in [-0.25, -0.2) is 9.36 Å². The molecule has 2 aromatic carbocycles. The van der Waals surface area contributed by atoms with E-state index >= 15 is 0 Å². The van der Waals surface area contributed by atoms with Gasteiger partial charge in [-0.05, 0) is 23.8 Å². The first-order valence-electron chi connectivity index (χ1n) is 9.58. The molecule has 158 valence electrons. The number of fused-ring (bicyclic) bond motifs is 1. The molecule has 0 bridgehead atoms. The first-order valence-corrected chi connectivity index (χ1v) is 9.96. The zero-order valence-electron chi connectivity index (χ0n) is 16.8. The van der Waals surface area contributed by atoms with E-state index in [2.05, 4.69) is 10.2 Å². The SMILES string of the molecule is COC(=O)CN(Cc1ccccc1Cl)Cn1ncc2cn(-c3ccccc3)nc2c1=O. The molecule has 4 rings (SSSR count). The first-order chi connectivity index (χ1) is 15.0. The van der Waals surface area contributed by atoms with Crippen LogP contribution in [0.25, 0.3) is 16.6 Å². The van der Waals surface area contributed by atoms with E-state index in [1.54, 1.807) is 28.0 Å². The largest absolute Gasteiger partial charge is 0.468 e. The molecule has 0 spiro atoms. The van der Waals surface area contributed by atoms with Crippen molar-refractivity contribution in [3.05, 3.63) is 87.9 Å². The summed E-state index contributed by atoms with van der Waals surface area (Å²) in [6.45, 7) is 0.402.